The summed E-state index contributed by atoms with van der Waals surface area (Å²) in [5.74, 6) is 3.42. The van der Waals surface area contributed by atoms with Crippen molar-refractivity contribution in [1.82, 2.24) is 0 Å². The largest absolute Gasteiger partial charge is 0.298 e. The fourth-order valence-electron chi connectivity index (χ4n) is 6.59. The molecule has 5 fully saturated rings. The Bertz CT molecular complexity index is 353. The van der Waals surface area contributed by atoms with Crippen LogP contribution in [0, 0.1) is 28.6 Å². The fourth-order valence-corrected chi connectivity index (χ4v) is 6.59. The van der Waals surface area contributed by atoms with E-state index in [-0.39, 0.29) is 10.8 Å². The topological polar surface area (TPSA) is 17.1 Å². The normalized spacial score (nSPS) is 47.3. The van der Waals surface area contributed by atoms with Gasteiger partial charge in [-0.15, -0.1) is 0 Å². The number of carbonyl (C=O) groups excluding carboxylic acids is 1. The van der Waals surface area contributed by atoms with Crippen molar-refractivity contribution in [3.8, 4) is 0 Å². The molecule has 0 N–H and O–H groups in total. The molecule has 0 atom stereocenters. The van der Waals surface area contributed by atoms with Gasteiger partial charge in [-0.3, -0.25) is 4.79 Å². The molecule has 5 rings (SSSR count). The number of hydrogen-bond acceptors (Lipinski definition) is 1. The van der Waals surface area contributed by atoms with Gasteiger partial charge >= 0.3 is 0 Å². The van der Waals surface area contributed by atoms with Crippen LogP contribution in [0.1, 0.15) is 77.6 Å². The fraction of sp³-hybridized carbons (Fsp3) is 0.944. The van der Waals surface area contributed by atoms with Gasteiger partial charge in [-0.05, 0) is 69.1 Å². The van der Waals surface area contributed by atoms with E-state index in [2.05, 4.69) is 6.92 Å². The third kappa shape index (κ3) is 1.83. The lowest BCUT2D eigenvalue weighted by atomic mass is 9.46. The van der Waals surface area contributed by atoms with Gasteiger partial charge < -0.3 is 0 Å². The van der Waals surface area contributed by atoms with Crippen LogP contribution < -0.4 is 0 Å². The quantitative estimate of drug-likeness (QED) is 0.700. The van der Waals surface area contributed by atoms with E-state index in [1.54, 1.807) is 0 Å². The van der Waals surface area contributed by atoms with E-state index in [0.717, 1.165) is 17.8 Å². The Labute approximate surface area is 117 Å². The molecule has 0 radical (unpaired) electrons. The van der Waals surface area contributed by atoms with E-state index in [4.69, 9.17) is 0 Å². The standard InChI is InChI=1S/C18H28O/c1-17(5-3-2-4-6-17)16(19)18-10-13-7-14(11-18)9-15(8-13)12-18/h13-15H,2-12H2,1H3. The second-order valence-electron chi connectivity index (χ2n) is 8.65. The van der Waals surface area contributed by atoms with Gasteiger partial charge in [0, 0.05) is 10.8 Å². The van der Waals surface area contributed by atoms with Crippen molar-refractivity contribution in [3.05, 3.63) is 0 Å². The summed E-state index contributed by atoms with van der Waals surface area (Å²) in [5, 5.41) is 0. The van der Waals surface area contributed by atoms with Gasteiger partial charge in [0.15, 0.2) is 0 Å². The van der Waals surface area contributed by atoms with Gasteiger partial charge in [0.1, 0.15) is 5.78 Å². The van der Waals surface area contributed by atoms with E-state index in [9.17, 15) is 4.79 Å². The molecule has 0 saturated heterocycles. The highest BCUT2D eigenvalue weighted by Gasteiger charge is 2.57. The lowest BCUT2D eigenvalue weighted by molar-refractivity contribution is -0.155. The Morgan fingerprint density at radius 3 is 1.79 bits per heavy atom. The van der Waals surface area contributed by atoms with Crippen molar-refractivity contribution < 1.29 is 4.79 Å². The Hall–Kier alpha value is -0.330. The maximum atomic E-state index is 13.4. The predicted octanol–water partition coefficient (Wildman–Crippen LogP) is 4.74. The van der Waals surface area contributed by atoms with Crippen LogP contribution in [0.25, 0.3) is 0 Å². The summed E-state index contributed by atoms with van der Waals surface area (Å²) in [6.45, 7) is 2.30. The van der Waals surface area contributed by atoms with Crippen molar-refractivity contribution >= 4 is 5.78 Å². The highest BCUT2D eigenvalue weighted by Crippen LogP contribution is 2.62. The molecule has 0 aromatic carbocycles. The highest BCUT2D eigenvalue weighted by atomic mass is 16.1. The summed E-state index contributed by atoms with van der Waals surface area (Å²) in [6.07, 6.45) is 14.4. The van der Waals surface area contributed by atoms with E-state index in [1.807, 2.05) is 0 Å². The average molecular weight is 260 g/mol. The average Bonchev–Trinajstić information content (AvgIpc) is 2.37. The van der Waals surface area contributed by atoms with Gasteiger partial charge in [0.05, 0.1) is 0 Å². The molecule has 0 aromatic rings. The van der Waals surface area contributed by atoms with E-state index >= 15 is 0 Å². The molecule has 1 heteroatoms. The lowest BCUT2D eigenvalue weighted by Crippen LogP contribution is -2.54. The number of rotatable bonds is 2. The minimum Gasteiger partial charge on any atom is -0.298 e. The maximum Gasteiger partial charge on any atom is 0.144 e. The SMILES string of the molecule is CC1(C(=O)C23CC4CC(CC(C4)C2)C3)CCCCC1. The molecular formula is C18H28O. The molecule has 5 saturated carbocycles. The summed E-state index contributed by atoms with van der Waals surface area (Å²) in [5.41, 5.74) is 0.185. The Morgan fingerprint density at radius 2 is 1.32 bits per heavy atom. The van der Waals surface area contributed by atoms with Crippen LogP contribution in [-0.4, -0.2) is 5.78 Å². The van der Waals surface area contributed by atoms with E-state index < -0.39 is 0 Å². The first-order valence-electron chi connectivity index (χ1n) is 8.65. The zero-order valence-electron chi connectivity index (χ0n) is 12.4. The Kier molecular flexibility index (Phi) is 2.67. The molecule has 4 bridgehead atoms. The van der Waals surface area contributed by atoms with Crippen LogP contribution in [0.15, 0.2) is 0 Å². The second-order valence-corrected chi connectivity index (χ2v) is 8.65. The van der Waals surface area contributed by atoms with Gasteiger partial charge in [0.2, 0.25) is 0 Å². The minimum absolute atomic E-state index is 0.0456. The molecule has 5 aliphatic carbocycles. The van der Waals surface area contributed by atoms with Gasteiger partial charge in [-0.25, -0.2) is 0 Å². The molecular weight excluding hydrogens is 232 g/mol. The van der Waals surface area contributed by atoms with Crippen molar-refractivity contribution in [3.63, 3.8) is 0 Å². The van der Waals surface area contributed by atoms with Crippen LogP contribution in [0.4, 0.5) is 0 Å². The van der Waals surface area contributed by atoms with Crippen LogP contribution >= 0.6 is 0 Å². The molecule has 1 nitrogen and oxygen atoms in total. The molecule has 5 aliphatic rings. The molecule has 0 heterocycles. The third-order valence-corrected chi connectivity index (χ3v) is 7.03. The summed E-state index contributed by atoms with van der Waals surface area (Å²) in [7, 11) is 0. The molecule has 0 aliphatic heterocycles. The molecule has 0 aromatic heterocycles. The second kappa shape index (κ2) is 4.09. The van der Waals surface area contributed by atoms with Crippen molar-refractivity contribution in [2.75, 3.05) is 0 Å². The van der Waals surface area contributed by atoms with Crippen LogP contribution in [0.3, 0.4) is 0 Å². The van der Waals surface area contributed by atoms with Crippen LogP contribution in [-0.2, 0) is 4.79 Å². The first kappa shape index (κ1) is 12.4. The predicted molar refractivity (Wildman–Crippen MR) is 76.8 cm³/mol. The summed E-state index contributed by atoms with van der Waals surface area (Å²) >= 11 is 0. The van der Waals surface area contributed by atoms with Crippen molar-refractivity contribution in [2.24, 2.45) is 28.6 Å². The van der Waals surface area contributed by atoms with Gasteiger partial charge in [-0.2, -0.15) is 0 Å². The highest BCUT2D eigenvalue weighted by molar-refractivity contribution is 5.90. The first-order chi connectivity index (χ1) is 9.10. The molecule has 106 valence electrons. The summed E-state index contributed by atoms with van der Waals surface area (Å²) in [6, 6.07) is 0. The monoisotopic (exact) mass is 260 g/mol. The molecule has 0 unspecified atom stereocenters. The number of hydrogen-bond donors (Lipinski definition) is 0. The zero-order valence-corrected chi connectivity index (χ0v) is 12.4. The number of carbonyl (C=O) groups is 1. The van der Waals surface area contributed by atoms with E-state index in [0.29, 0.717) is 5.78 Å². The van der Waals surface area contributed by atoms with Crippen LogP contribution in [0.2, 0.25) is 0 Å². The lowest BCUT2D eigenvalue weighted by Gasteiger charge is -2.58. The van der Waals surface area contributed by atoms with Gasteiger partial charge in [-0.1, -0.05) is 26.2 Å². The van der Waals surface area contributed by atoms with Gasteiger partial charge in [0.25, 0.3) is 0 Å². The summed E-state index contributed by atoms with van der Waals surface area (Å²) in [4.78, 5) is 13.4. The Balaban J connectivity index is 1.62. The zero-order chi connectivity index (χ0) is 13.1. The third-order valence-electron chi connectivity index (χ3n) is 7.03. The maximum absolute atomic E-state index is 13.4. The minimum atomic E-state index is 0.0456. The van der Waals surface area contributed by atoms with Crippen molar-refractivity contribution in [1.29, 1.82) is 0 Å². The molecule has 19 heavy (non-hydrogen) atoms. The first-order valence-corrected chi connectivity index (χ1v) is 8.65. The smallest absolute Gasteiger partial charge is 0.144 e. The number of Topliss-reactive ketones (excluding diaryl/α,β-unsaturated/α-hetero) is 1. The molecule has 0 amide bonds. The van der Waals surface area contributed by atoms with Crippen LogP contribution in [0.5, 0.6) is 0 Å². The van der Waals surface area contributed by atoms with E-state index in [1.165, 1.54) is 70.6 Å². The molecule has 0 spiro atoms. The summed E-state index contributed by atoms with van der Waals surface area (Å²) < 4.78 is 0. The van der Waals surface area contributed by atoms with Crippen molar-refractivity contribution in [2.45, 2.75) is 77.6 Å². The number of ketones is 1. The Morgan fingerprint density at radius 1 is 0.842 bits per heavy atom.